The van der Waals surface area contributed by atoms with Gasteiger partial charge in [0.2, 0.25) is 0 Å². The van der Waals surface area contributed by atoms with Gasteiger partial charge in [-0.05, 0) is 18.9 Å². The quantitative estimate of drug-likeness (QED) is 0.539. The van der Waals surface area contributed by atoms with E-state index in [1.807, 2.05) is 0 Å². The molecule has 38 valence electrons. The van der Waals surface area contributed by atoms with Crippen molar-refractivity contribution in [1.82, 2.24) is 5.09 Å². The molecule has 0 aromatic heterocycles. The number of halogens is 2. The fourth-order valence-electron chi connectivity index (χ4n) is 0. The molecule has 0 saturated carbocycles. The van der Waals surface area contributed by atoms with E-state index in [0.717, 1.165) is 7.05 Å². The Morgan fingerprint density at radius 1 is 1.67 bits per heavy atom. The largest absolute Gasteiger partial charge is 0.339 e. The van der Waals surface area contributed by atoms with Gasteiger partial charge in [-0.3, -0.25) is 0 Å². The summed E-state index contributed by atoms with van der Waals surface area (Å²) >= 11 is 3.65. The predicted molar refractivity (Wildman–Crippen MR) is 25.6 cm³/mol. The molecule has 0 amide bonds. The summed E-state index contributed by atoms with van der Waals surface area (Å²) in [5, 5.41) is 1.70. The highest BCUT2D eigenvalue weighted by Gasteiger charge is 2.05. The molecule has 0 aliphatic carbocycles. The first-order chi connectivity index (χ1) is 2.56. The summed E-state index contributed by atoms with van der Waals surface area (Å²) in [4.78, 5) is 0. The van der Waals surface area contributed by atoms with E-state index < -0.39 is 6.81 Å². The van der Waals surface area contributed by atoms with Gasteiger partial charge in [-0.15, -0.1) is 0 Å². The lowest BCUT2D eigenvalue weighted by Crippen LogP contribution is -1.90. The van der Waals surface area contributed by atoms with Gasteiger partial charge in [0.15, 0.2) is 0 Å². The van der Waals surface area contributed by atoms with Crippen molar-refractivity contribution in [2.45, 2.75) is 0 Å². The van der Waals surface area contributed by atoms with Crippen LogP contribution in [-0.2, 0) is 11.8 Å². The molecule has 0 unspecified atom stereocenters. The Morgan fingerprint density at radius 3 is 1.83 bits per heavy atom. The first-order valence-electron chi connectivity index (χ1n) is 1.24. The smallest absolute Gasteiger partial charge is 0.242 e. The number of rotatable bonds is 1. The van der Waals surface area contributed by atoms with Crippen molar-refractivity contribution in [2.75, 3.05) is 7.05 Å². The summed E-state index contributed by atoms with van der Waals surface area (Å²) in [7, 11) is 1.15. The average Bonchev–Trinajstić information content (AvgIpc) is 1.35. The van der Waals surface area contributed by atoms with Gasteiger partial charge in [0, 0.05) is 0 Å². The number of nitrogens with one attached hydrogen (secondary N) is 1. The summed E-state index contributed by atoms with van der Waals surface area (Å²) in [6.45, 7) is -4.06. The van der Waals surface area contributed by atoms with Crippen molar-refractivity contribution in [2.24, 2.45) is 0 Å². The maximum Gasteiger partial charge on any atom is 0.339 e. The highest BCUT2D eigenvalue weighted by Crippen LogP contribution is 2.43. The summed E-state index contributed by atoms with van der Waals surface area (Å²) in [6.07, 6.45) is 0. The van der Waals surface area contributed by atoms with E-state index in [4.69, 9.17) is 0 Å². The Morgan fingerprint density at radius 2 is 1.83 bits per heavy atom. The molecule has 0 aromatic carbocycles. The molecular formula is CH4F2NPS. The molecule has 0 aliphatic heterocycles. The van der Waals surface area contributed by atoms with Crippen LogP contribution in [0, 0.1) is 0 Å². The van der Waals surface area contributed by atoms with Gasteiger partial charge in [0.05, 0.1) is 0 Å². The molecule has 0 aromatic rings. The van der Waals surface area contributed by atoms with Gasteiger partial charge in [-0.1, -0.05) is 0 Å². The average molecular weight is 131 g/mol. The normalized spacial score (nSPS) is 11.8. The van der Waals surface area contributed by atoms with Crippen molar-refractivity contribution in [3.8, 4) is 0 Å². The first kappa shape index (κ1) is 6.47. The number of hydrogen-bond donors (Lipinski definition) is 1. The Bertz CT molecular complexity index is 77.6. The topological polar surface area (TPSA) is 12.0 Å². The Hall–Kier alpha value is 0.470. The molecule has 0 saturated heterocycles. The molecule has 0 heterocycles. The molecule has 0 atom stereocenters. The summed E-state index contributed by atoms with van der Waals surface area (Å²) in [5.41, 5.74) is 0. The minimum atomic E-state index is -4.06. The minimum Gasteiger partial charge on any atom is -0.242 e. The van der Waals surface area contributed by atoms with Crippen LogP contribution < -0.4 is 5.09 Å². The monoisotopic (exact) mass is 131 g/mol. The molecule has 0 aliphatic rings. The predicted octanol–water partition coefficient (Wildman–Crippen LogP) is 1.37. The summed E-state index contributed by atoms with van der Waals surface area (Å²) in [6, 6.07) is 0. The molecule has 0 bridgehead atoms. The van der Waals surface area contributed by atoms with Crippen molar-refractivity contribution in [3.63, 3.8) is 0 Å². The summed E-state index contributed by atoms with van der Waals surface area (Å²) in [5.74, 6) is 0. The zero-order valence-electron chi connectivity index (χ0n) is 3.11. The molecule has 0 radical (unpaired) electrons. The van der Waals surface area contributed by atoms with Gasteiger partial charge in [0.25, 0.3) is 0 Å². The fourth-order valence-corrected chi connectivity index (χ4v) is 0. The van der Waals surface area contributed by atoms with Gasteiger partial charge in [-0.2, -0.15) is 8.39 Å². The molecule has 5 heteroatoms. The van der Waals surface area contributed by atoms with Crippen LogP contribution in [0.15, 0.2) is 0 Å². The molecule has 1 nitrogen and oxygen atoms in total. The van der Waals surface area contributed by atoms with Crippen molar-refractivity contribution >= 4 is 18.6 Å². The lowest BCUT2D eigenvalue weighted by Gasteiger charge is -1.92. The minimum absolute atomic E-state index is 1.15. The Kier molecular flexibility index (Phi) is 2.11. The standard InChI is InChI=1S/CH4F2NPS/c1-4-5(2,3)6/h1H3,(H,4,6). The van der Waals surface area contributed by atoms with Crippen LogP contribution in [0.3, 0.4) is 0 Å². The van der Waals surface area contributed by atoms with Crippen LogP contribution in [0.1, 0.15) is 0 Å². The third-order valence-corrected chi connectivity index (χ3v) is 1.33. The van der Waals surface area contributed by atoms with Crippen molar-refractivity contribution < 1.29 is 8.39 Å². The molecule has 6 heavy (non-hydrogen) atoms. The second-order valence-corrected chi connectivity index (χ2v) is 3.43. The molecule has 0 rings (SSSR count). The van der Waals surface area contributed by atoms with Gasteiger partial charge in [-0.25, -0.2) is 5.09 Å². The van der Waals surface area contributed by atoms with E-state index >= 15 is 0 Å². The molecule has 0 spiro atoms. The van der Waals surface area contributed by atoms with E-state index in [1.54, 1.807) is 5.09 Å². The zero-order valence-corrected chi connectivity index (χ0v) is 4.82. The van der Waals surface area contributed by atoms with E-state index in [-0.39, 0.29) is 0 Å². The van der Waals surface area contributed by atoms with Crippen LogP contribution in [0.5, 0.6) is 0 Å². The van der Waals surface area contributed by atoms with Gasteiger partial charge >= 0.3 is 6.81 Å². The number of hydrogen-bond acceptors (Lipinski definition) is 1. The second kappa shape index (κ2) is 1.96. The van der Waals surface area contributed by atoms with Crippen LogP contribution in [-0.4, -0.2) is 7.05 Å². The van der Waals surface area contributed by atoms with Crippen molar-refractivity contribution in [1.29, 1.82) is 0 Å². The second-order valence-electron chi connectivity index (χ2n) is 0.686. The van der Waals surface area contributed by atoms with E-state index in [0.29, 0.717) is 0 Å². The third kappa shape index (κ3) is 4.47. The maximum atomic E-state index is 11.3. The van der Waals surface area contributed by atoms with Crippen LogP contribution >= 0.6 is 6.81 Å². The Balaban J connectivity index is 3.48. The summed E-state index contributed by atoms with van der Waals surface area (Å²) < 4.78 is 22.5. The maximum absolute atomic E-state index is 11.3. The highest BCUT2D eigenvalue weighted by atomic mass is 32.5. The van der Waals surface area contributed by atoms with E-state index in [9.17, 15) is 8.39 Å². The molecular weight excluding hydrogens is 127 g/mol. The molecule has 1 N–H and O–H groups in total. The lowest BCUT2D eigenvalue weighted by atomic mass is 11.6. The van der Waals surface area contributed by atoms with Gasteiger partial charge in [0.1, 0.15) is 0 Å². The first-order valence-corrected chi connectivity index (χ1v) is 3.83. The highest BCUT2D eigenvalue weighted by molar-refractivity contribution is 8.08. The van der Waals surface area contributed by atoms with Gasteiger partial charge < -0.3 is 0 Å². The third-order valence-electron chi connectivity index (χ3n) is 0.260. The lowest BCUT2D eigenvalue weighted by molar-refractivity contribution is 0.717. The van der Waals surface area contributed by atoms with E-state index in [2.05, 4.69) is 11.8 Å². The van der Waals surface area contributed by atoms with Crippen LogP contribution in [0.4, 0.5) is 8.39 Å². The SMILES string of the molecule is CNP(F)(F)=S. The van der Waals surface area contributed by atoms with Crippen LogP contribution in [0.2, 0.25) is 0 Å². The Labute approximate surface area is 40.0 Å². The zero-order chi connectivity index (χ0) is 5.21. The molecule has 0 fully saturated rings. The van der Waals surface area contributed by atoms with E-state index in [1.165, 1.54) is 0 Å². The van der Waals surface area contributed by atoms with Crippen LogP contribution in [0.25, 0.3) is 0 Å². The fraction of sp³-hybridized carbons (Fsp3) is 1.00. The van der Waals surface area contributed by atoms with Crippen molar-refractivity contribution in [3.05, 3.63) is 0 Å².